The molecule has 1 unspecified atom stereocenters. The number of nitrogens with one attached hydrogen (secondary N) is 2. The molecular formula is C20H27N7O9S2. The second-order valence-corrected chi connectivity index (χ2v) is 11.5. The number of aliphatic carboxylic acids is 1. The van der Waals surface area contributed by atoms with E-state index in [-0.39, 0.29) is 53.4 Å². The van der Waals surface area contributed by atoms with E-state index in [1.54, 1.807) is 0 Å². The summed E-state index contributed by atoms with van der Waals surface area (Å²) in [5, 5.41) is 19.9. The van der Waals surface area contributed by atoms with E-state index in [2.05, 4.69) is 20.8 Å². The highest BCUT2D eigenvalue weighted by Crippen LogP contribution is 2.35. The van der Waals surface area contributed by atoms with Crippen LogP contribution in [-0.2, 0) is 34.3 Å². The highest BCUT2D eigenvalue weighted by atomic mass is 32.2. The van der Waals surface area contributed by atoms with Gasteiger partial charge >= 0.3 is 16.3 Å². The van der Waals surface area contributed by atoms with E-state index in [0.717, 1.165) is 11.3 Å². The normalized spacial score (nSPS) is 27.1. The average molecular weight is 574 g/mol. The number of oxime groups is 1. The Bertz CT molecular complexity index is 1280. The molecule has 0 spiro atoms. The largest absolute Gasteiger partial charge is 0.478 e. The second-order valence-electron chi connectivity index (χ2n) is 9.35. The highest BCUT2D eigenvalue weighted by molar-refractivity contribution is 7.84. The molecule has 38 heavy (non-hydrogen) atoms. The number of anilines is 1. The molecule has 2 saturated heterocycles. The number of amides is 3. The van der Waals surface area contributed by atoms with Crippen molar-refractivity contribution >= 4 is 56.2 Å². The van der Waals surface area contributed by atoms with Crippen LogP contribution in [0.15, 0.2) is 10.5 Å². The van der Waals surface area contributed by atoms with Crippen molar-refractivity contribution in [2.75, 3.05) is 12.3 Å². The third-order valence-electron chi connectivity index (χ3n) is 6.89. The minimum atomic E-state index is -4.99. The smallest absolute Gasteiger partial charge is 0.362 e. The average Bonchev–Trinajstić information content (AvgIpc) is 3.57. The van der Waals surface area contributed by atoms with Gasteiger partial charge in [-0.15, -0.1) is 11.3 Å². The Labute approximate surface area is 220 Å². The molecule has 0 aromatic carbocycles. The Morgan fingerprint density at radius 1 is 1.34 bits per heavy atom. The van der Waals surface area contributed by atoms with Crippen LogP contribution >= 0.6 is 11.3 Å². The number of aromatic nitrogens is 1. The molecule has 4 rings (SSSR count). The molecule has 1 aromatic rings. The van der Waals surface area contributed by atoms with Gasteiger partial charge in [-0.1, -0.05) is 5.16 Å². The number of β-lactam (4-membered cyclic amide) rings is 1. The molecule has 18 heteroatoms. The van der Waals surface area contributed by atoms with Crippen molar-refractivity contribution in [1.29, 1.82) is 0 Å². The van der Waals surface area contributed by atoms with E-state index >= 15 is 0 Å². The van der Waals surface area contributed by atoms with Crippen LogP contribution in [0.2, 0.25) is 0 Å². The maximum Gasteiger partial charge on any atom is 0.362 e. The second kappa shape index (κ2) is 10.4. The Hall–Kier alpha value is -3.35. The van der Waals surface area contributed by atoms with Crippen molar-refractivity contribution in [1.82, 2.24) is 19.9 Å². The van der Waals surface area contributed by atoms with Gasteiger partial charge in [0.25, 0.3) is 11.8 Å². The van der Waals surface area contributed by atoms with Crippen LogP contribution in [0.25, 0.3) is 0 Å². The molecule has 16 nitrogen and oxygen atoms in total. The lowest BCUT2D eigenvalue weighted by molar-refractivity contribution is -0.165. The van der Waals surface area contributed by atoms with E-state index < -0.39 is 63.3 Å². The quantitative estimate of drug-likeness (QED) is 0.0784. The standard InChI is InChI=1S/C20H27N7O9S2/c21-7-10-5-9(15(28)23-10)6-12-14(17(30)27(12)38(33,34)35)25-16(29)13(11-8-37-19(22)24-11)26-36-20(18(31)32)3-1-2-4-20/h8-10,12,14H,1-7,21H2,(H2,22,24)(H,23,28)(H,25,29)(H,31,32)(H,33,34,35)/b26-13-/t9-,10?,12-,14+/m1/s1. The molecular weight excluding hydrogens is 546 g/mol. The van der Waals surface area contributed by atoms with Gasteiger partial charge in [0.15, 0.2) is 10.8 Å². The van der Waals surface area contributed by atoms with Gasteiger partial charge in [0, 0.05) is 36.7 Å². The van der Waals surface area contributed by atoms with Gasteiger partial charge in [-0.25, -0.2) is 14.1 Å². The summed E-state index contributed by atoms with van der Waals surface area (Å²) in [6.45, 7) is 0.155. The first kappa shape index (κ1) is 27.7. The molecule has 0 bridgehead atoms. The molecule has 3 amide bonds. The lowest BCUT2D eigenvalue weighted by Crippen LogP contribution is -2.72. The number of hydrogen-bond donors (Lipinski definition) is 6. The molecule has 1 aromatic heterocycles. The Kier molecular flexibility index (Phi) is 7.60. The van der Waals surface area contributed by atoms with Crippen LogP contribution in [0.3, 0.4) is 0 Å². The van der Waals surface area contributed by atoms with E-state index in [1.807, 2.05) is 0 Å². The highest BCUT2D eigenvalue weighted by Gasteiger charge is 2.55. The summed E-state index contributed by atoms with van der Waals surface area (Å²) in [7, 11) is -4.99. The zero-order valence-electron chi connectivity index (χ0n) is 19.9. The minimum Gasteiger partial charge on any atom is -0.478 e. The summed E-state index contributed by atoms with van der Waals surface area (Å²) in [6, 6.07) is -3.06. The number of nitrogen functional groups attached to an aromatic ring is 1. The molecule has 208 valence electrons. The zero-order chi connectivity index (χ0) is 27.8. The topological polar surface area (TPSA) is 257 Å². The number of nitrogens with two attached hydrogens (primary N) is 2. The van der Waals surface area contributed by atoms with E-state index in [9.17, 15) is 37.3 Å². The number of thiazole rings is 1. The first-order chi connectivity index (χ1) is 17.9. The number of hydrogen-bond acceptors (Lipinski definition) is 12. The predicted molar refractivity (Wildman–Crippen MR) is 131 cm³/mol. The van der Waals surface area contributed by atoms with Crippen LogP contribution in [0.4, 0.5) is 5.13 Å². The molecule has 3 fully saturated rings. The Morgan fingerprint density at radius 2 is 2.03 bits per heavy atom. The molecule has 8 N–H and O–H groups in total. The SMILES string of the molecule is NCC1C[C@H](C[C@@H]2[C@H](NC(=O)/C(=N\OC3(C(=O)O)CCCC3)c3csc(N)n3)C(=O)N2S(=O)(=O)O)C(=O)N1. The Morgan fingerprint density at radius 3 is 2.55 bits per heavy atom. The van der Waals surface area contributed by atoms with Gasteiger partial charge in [-0.3, -0.25) is 18.9 Å². The predicted octanol–water partition coefficient (Wildman–Crippen LogP) is -1.80. The number of carboxylic acids is 1. The van der Waals surface area contributed by atoms with E-state index in [0.29, 0.717) is 12.8 Å². The van der Waals surface area contributed by atoms with Crippen LogP contribution in [0.5, 0.6) is 0 Å². The van der Waals surface area contributed by atoms with Gasteiger partial charge in [0.1, 0.15) is 11.7 Å². The summed E-state index contributed by atoms with van der Waals surface area (Å²) in [5.74, 6) is -4.53. The van der Waals surface area contributed by atoms with Gasteiger partial charge < -0.3 is 32.0 Å². The molecule has 2 aliphatic heterocycles. The number of carboxylic acid groups (broad SMARTS) is 1. The third kappa shape index (κ3) is 5.29. The molecule has 4 atom stereocenters. The van der Waals surface area contributed by atoms with Crippen LogP contribution in [0.1, 0.15) is 44.2 Å². The van der Waals surface area contributed by atoms with E-state index in [1.165, 1.54) is 5.38 Å². The van der Waals surface area contributed by atoms with Crippen molar-refractivity contribution in [2.45, 2.75) is 62.3 Å². The van der Waals surface area contributed by atoms with Crippen LogP contribution < -0.4 is 22.1 Å². The maximum absolute atomic E-state index is 13.3. The molecule has 3 aliphatic rings. The zero-order valence-corrected chi connectivity index (χ0v) is 21.5. The lowest BCUT2D eigenvalue weighted by atomic mass is 9.87. The van der Waals surface area contributed by atoms with Crippen molar-refractivity contribution < 1.29 is 42.1 Å². The van der Waals surface area contributed by atoms with E-state index in [4.69, 9.17) is 16.3 Å². The molecule has 3 heterocycles. The fourth-order valence-corrected chi connectivity index (χ4v) is 6.34. The molecule has 0 radical (unpaired) electrons. The van der Waals surface area contributed by atoms with Crippen LogP contribution in [0, 0.1) is 5.92 Å². The van der Waals surface area contributed by atoms with Gasteiger partial charge in [-0.05, 0) is 25.7 Å². The number of nitrogens with zero attached hydrogens (tertiary/aromatic N) is 3. The summed E-state index contributed by atoms with van der Waals surface area (Å²) in [5.41, 5.74) is 9.08. The molecule has 1 saturated carbocycles. The van der Waals surface area contributed by atoms with Crippen molar-refractivity contribution in [3.05, 3.63) is 11.1 Å². The minimum absolute atomic E-state index is 0.0561. The fourth-order valence-electron chi connectivity index (χ4n) is 4.91. The number of carbonyl (C=O) groups is 4. The monoisotopic (exact) mass is 573 g/mol. The first-order valence-corrected chi connectivity index (χ1v) is 14.0. The van der Waals surface area contributed by atoms with Gasteiger partial charge in [0.2, 0.25) is 11.5 Å². The van der Waals surface area contributed by atoms with Gasteiger partial charge in [-0.2, -0.15) is 8.42 Å². The summed E-state index contributed by atoms with van der Waals surface area (Å²) in [6.07, 6.45) is 1.58. The van der Waals surface area contributed by atoms with Gasteiger partial charge in [0.05, 0.1) is 6.04 Å². The fraction of sp³-hybridized carbons (Fsp3) is 0.600. The van der Waals surface area contributed by atoms with Crippen molar-refractivity contribution in [3.63, 3.8) is 0 Å². The van der Waals surface area contributed by atoms with Crippen molar-refractivity contribution in [3.8, 4) is 0 Å². The number of carbonyl (C=O) groups excluding carboxylic acids is 3. The lowest BCUT2D eigenvalue weighted by Gasteiger charge is -2.45. The summed E-state index contributed by atoms with van der Waals surface area (Å²) >= 11 is 0.973. The third-order valence-corrected chi connectivity index (χ3v) is 8.52. The first-order valence-electron chi connectivity index (χ1n) is 11.7. The van der Waals surface area contributed by atoms with Crippen molar-refractivity contribution in [2.24, 2.45) is 16.8 Å². The Balaban J connectivity index is 1.58. The number of rotatable bonds is 10. The summed E-state index contributed by atoms with van der Waals surface area (Å²) < 4.78 is 33.5. The van der Waals surface area contributed by atoms with Crippen LogP contribution in [-0.4, -0.2) is 87.0 Å². The maximum atomic E-state index is 13.3. The molecule has 1 aliphatic carbocycles. The summed E-state index contributed by atoms with van der Waals surface area (Å²) in [4.78, 5) is 59.4.